The Morgan fingerprint density at radius 2 is 2.15 bits per heavy atom. The van der Waals surface area contributed by atoms with Gasteiger partial charge in [0, 0.05) is 43.9 Å². The van der Waals surface area contributed by atoms with Crippen molar-refractivity contribution in [2.45, 2.75) is 44.1 Å². The van der Waals surface area contributed by atoms with Crippen LogP contribution in [-0.2, 0) is 11.2 Å². The molecule has 1 aliphatic heterocycles. The van der Waals surface area contributed by atoms with Gasteiger partial charge < -0.3 is 20.3 Å². The van der Waals surface area contributed by atoms with Gasteiger partial charge in [-0.1, -0.05) is 30.3 Å². The molecule has 0 spiro atoms. The summed E-state index contributed by atoms with van der Waals surface area (Å²) in [5, 5.41) is 12.1. The minimum atomic E-state index is -0.849. The van der Waals surface area contributed by atoms with Crippen molar-refractivity contribution in [3.63, 3.8) is 0 Å². The molecule has 7 heteroatoms. The molecule has 1 aliphatic rings. The van der Waals surface area contributed by atoms with Crippen LogP contribution in [0.1, 0.15) is 43.0 Å². The summed E-state index contributed by atoms with van der Waals surface area (Å²) in [5.41, 5.74) is 1.08. The number of piperidine rings is 1. The quantitative estimate of drug-likeness (QED) is 0.698. The summed E-state index contributed by atoms with van der Waals surface area (Å²) >= 11 is 0. The highest BCUT2D eigenvalue weighted by Crippen LogP contribution is 2.24. The van der Waals surface area contributed by atoms with Gasteiger partial charge in [0.05, 0.1) is 0 Å². The number of hydrogen-bond donors (Lipinski definition) is 3. The molecule has 3 N–H and O–H groups in total. The van der Waals surface area contributed by atoms with Crippen molar-refractivity contribution in [3.8, 4) is 0 Å². The SMILES string of the molecule is O=C(O)CCC(Cc1ccccc1)NC(=O)N1CCCC(c2ncc[nH]2)C1. The first-order valence-corrected chi connectivity index (χ1v) is 9.42. The summed E-state index contributed by atoms with van der Waals surface area (Å²) in [7, 11) is 0. The lowest BCUT2D eigenvalue weighted by atomic mass is 9.97. The maximum absolute atomic E-state index is 12.8. The van der Waals surface area contributed by atoms with E-state index in [9.17, 15) is 9.59 Å². The van der Waals surface area contributed by atoms with E-state index >= 15 is 0 Å². The molecule has 2 aromatic rings. The number of likely N-dealkylation sites (tertiary alicyclic amines) is 1. The minimum Gasteiger partial charge on any atom is -0.481 e. The normalized spacial score (nSPS) is 18.1. The monoisotopic (exact) mass is 370 g/mol. The summed E-state index contributed by atoms with van der Waals surface area (Å²) in [6.07, 6.45) is 6.53. The van der Waals surface area contributed by atoms with Crippen molar-refractivity contribution < 1.29 is 14.7 Å². The lowest BCUT2D eigenvalue weighted by Crippen LogP contribution is -2.49. The first-order valence-electron chi connectivity index (χ1n) is 9.42. The number of amides is 2. The molecule has 1 fully saturated rings. The molecular formula is C20H26N4O3. The topological polar surface area (TPSA) is 98.3 Å². The van der Waals surface area contributed by atoms with Crippen molar-refractivity contribution in [2.75, 3.05) is 13.1 Å². The Bertz CT molecular complexity index is 733. The fraction of sp³-hybridized carbons (Fsp3) is 0.450. The second-order valence-corrected chi connectivity index (χ2v) is 7.03. The van der Waals surface area contributed by atoms with Gasteiger partial charge in [0.15, 0.2) is 0 Å². The molecule has 0 saturated carbocycles. The summed E-state index contributed by atoms with van der Waals surface area (Å²) in [6, 6.07) is 9.49. The molecule has 7 nitrogen and oxygen atoms in total. The molecule has 1 aromatic carbocycles. The van der Waals surface area contributed by atoms with Gasteiger partial charge in [-0.25, -0.2) is 9.78 Å². The smallest absolute Gasteiger partial charge is 0.317 e. The van der Waals surface area contributed by atoms with Crippen molar-refractivity contribution in [3.05, 3.63) is 54.1 Å². The number of imidazole rings is 1. The van der Waals surface area contributed by atoms with E-state index in [1.807, 2.05) is 35.2 Å². The van der Waals surface area contributed by atoms with Crippen LogP contribution in [0.15, 0.2) is 42.7 Å². The molecule has 1 aromatic heterocycles. The Morgan fingerprint density at radius 1 is 1.33 bits per heavy atom. The Labute approximate surface area is 158 Å². The zero-order valence-electron chi connectivity index (χ0n) is 15.3. The average molecular weight is 370 g/mol. The first kappa shape index (κ1) is 18.9. The fourth-order valence-electron chi connectivity index (χ4n) is 3.57. The number of carbonyl (C=O) groups is 2. The molecule has 0 radical (unpaired) electrons. The number of nitrogens with one attached hydrogen (secondary N) is 2. The van der Waals surface area contributed by atoms with Crippen LogP contribution in [-0.4, -0.2) is 51.1 Å². The van der Waals surface area contributed by atoms with E-state index in [4.69, 9.17) is 5.11 Å². The van der Waals surface area contributed by atoms with E-state index in [1.165, 1.54) is 0 Å². The molecule has 144 valence electrons. The largest absolute Gasteiger partial charge is 0.481 e. The second kappa shape index (κ2) is 9.21. The predicted molar refractivity (Wildman–Crippen MR) is 101 cm³/mol. The maximum atomic E-state index is 12.8. The van der Waals surface area contributed by atoms with Crippen LogP contribution < -0.4 is 5.32 Å². The molecule has 2 unspecified atom stereocenters. The van der Waals surface area contributed by atoms with E-state index in [2.05, 4.69) is 15.3 Å². The van der Waals surface area contributed by atoms with Crippen LogP contribution in [0, 0.1) is 0 Å². The van der Waals surface area contributed by atoms with Gasteiger partial charge in [-0.2, -0.15) is 0 Å². The Balaban J connectivity index is 1.61. The van der Waals surface area contributed by atoms with E-state index in [1.54, 1.807) is 12.4 Å². The molecule has 3 rings (SSSR count). The number of aromatic nitrogens is 2. The van der Waals surface area contributed by atoms with Crippen molar-refractivity contribution in [1.82, 2.24) is 20.2 Å². The van der Waals surface area contributed by atoms with E-state index in [0.29, 0.717) is 25.9 Å². The molecular weight excluding hydrogens is 344 g/mol. The van der Waals surface area contributed by atoms with Crippen molar-refractivity contribution >= 4 is 12.0 Å². The number of H-pyrrole nitrogens is 1. The van der Waals surface area contributed by atoms with Crippen LogP contribution in [0.3, 0.4) is 0 Å². The number of aliphatic carboxylic acids is 1. The summed E-state index contributed by atoms with van der Waals surface area (Å²) < 4.78 is 0. The number of carboxylic acids is 1. The number of urea groups is 1. The third kappa shape index (κ3) is 5.57. The number of aromatic amines is 1. The van der Waals surface area contributed by atoms with Crippen LogP contribution in [0.2, 0.25) is 0 Å². The standard InChI is InChI=1S/C20H26N4O3/c25-18(26)9-8-17(13-15-5-2-1-3-6-15)23-20(27)24-12-4-7-16(14-24)19-21-10-11-22-19/h1-3,5-6,10-11,16-17H,4,7-9,12-14H2,(H,21,22)(H,23,27)(H,25,26). The van der Waals surface area contributed by atoms with Gasteiger partial charge in [0.2, 0.25) is 0 Å². The highest BCUT2D eigenvalue weighted by Gasteiger charge is 2.27. The van der Waals surface area contributed by atoms with E-state index in [0.717, 1.165) is 24.2 Å². The number of rotatable bonds is 7. The lowest BCUT2D eigenvalue weighted by Gasteiger charge is -2.33. The summed E-state index contributed by atoms with van der Waals surface area (Å²) in [4.78, 5) is 33.1. The van der Waals surface area contributed by atoms with Crippen LogP contribution >= 0.6 is 0 Å². The van der Waals surface area contributed by atoms with Gasteiger partial charge in [-0.15, -0.1) is 0 Å². The lowest BCUT2D eigenvalue weighted by molar-refractivity contribution is -0.137. The van der Waals surface area contributed by atoms with Gasteiger partial charge in [0.1, 0.15) is 5.82 Å². The van der Waals surface area contributed by atoms with Crippen LogP contribution in [0.5, 0.6) is 0 Å². The van der Waals surface area contributed by atoms with Gasteiger partial charge >= 0.3 is 12.0 Å². The average Bonchev–Trinajstić information content (AvgIpc) is 3.22. The third-order valence-electron chi connectivity index (χ3n) is 4.97. The Hall–Kier alpha value is -2.83. The van der Waals surface area contributed by atoms with E-state index < -0.39 is 5.97 Å². The Kier molecular flexibility index (Phi) is 6.46. The first-order chi connectivity index (χ1) is 13.1. The van der Waals surface area contributed by atoms with Crippen molar-refractivity contribution in [1.29, 1.82) is 0 Å². The number of benzene rings is 1. The van der Waals surface area contributed by atoms with Crippen LogP contribution in [0.4, 0.5) is 4.79 Å². The van der Waals surface area contributed by atoms with Crippen LogP contribution in [0.25, 0.3) is 0 Å². The number of hydrogen-bond acceptors (Lipinski definition) is 3. The zero-order chi connectivity index (χ0) is 19.1. The molecule has 1 saturated heterocycles. The summed E-state index contributed by atoms with van der Waals surface area (Å²) in [6.45, 7) is 1.33. The van der Waals surface area contributed by atoms with E-state index in [-0.39, 0.29) is 24.4 Å². The molecule has 2 atom stereocenters. The highest BCUT2D eigenvalue weighted by molar-refractivity contribution is 5.75. The molecule has 2 amide bonds. The molecule has 0 aliphatic carbocycles. The molecule has 27 heavy (non-hydrogen) atoms. The third-order valence-corrected chi connectivity index (χ3v) is 4.97. The molecule has 2 heterocycles. The maximum Gasteiger partial charge on any atom is 0.317 e. The number of carboxylic acid groups (broad SMARTS) is 1. The predicted octanol–water partition coefficient (Wildman–Crippen LogP) is 2.77. The van der Waals surface area contributed by atoms with Gasteiger partial charge in [-0.3, -0.25) is 4.79 Å². The number of nitrogens with zero attached hydrogens (tertiary/aromatic N) is 2. The fourth-order valence-corrected chi connectivity index (χ4v) is 3.57. The zero-order valence-corrected chi connectivity index (χ0v) is 15.3. The van der Waals surface area contributed by atoms with Gasteiger partial charge in [-0.05, 0) is 31.2 Å². The molecule has 0 bridgehead atoms. The summed E-state index contributed by atoms with van der Waals surface area (Å²) in [5.74, 6) is 0.281. The minimum absolute atomic E-state index is 0.0345. The number of carbonyl (C=O) groups excluding carboxylic acids is 1. The highest BCUT2D eigenvalue weighted by atomic mass is 16.4. The Morgan fingerprint density at radius 3 is 2.85 bits per heavy atom. The van der Waals surface area contributed by atoms with Gasteiger partial charge in [0.25, 0.3) is 0 Å². The second-order valence-electron chi connectivity index (χ2n) is 7.03. The van der Waals surface area contributed by atoms with Crippen molar-refractivity contribution in [2.24, 2.45) is 0 Å².